The molecule has 0 bridgehead atoms. The highest BCUT2D eigenvalue weighted by molar-refractivity contribution is 5.29. The summed E-state index contributed by atoms with van der Waals surface area (Å²) in [5.74, 6) is 0.477. The fourth-order valence-corrected chi connectivity index (χ4v) is 2.19. The fourth-order valence-electron chi connectivity index (χ4n) is 2.19. The molecule has 0 fully saturated rings. The maximum absolute atomic E-state index is 12.1. The average Bonchev–Trinajstić information content (AvgIpc) is 2.47. The van der Waals surface area contributed by atoms with Gasteiger partial charge in [0.05, 0.1) is 0 Å². The first-order valence-electron chi connectivity index (χ1n) is 7.56. The SMILES string of the molecule is CC.CC(C)c1cc(=O)n(C(C)C)c(=O)cc1C(C)C. The molecule has 0 N–H and O–H groups in total. The second kappa shape index (κ2) is 8.03. The standard InChI is InChI=1S/C15H23NO2.C2H6/c1-9(2)12-7-14(17)16(11(5)6)15(18)8-13(12)10(3)4;1-2/h7-11H,1-6H3;1-2H3. The van der Waals surface area contributed by atoms with Gasteiger partial charge in [-0.3, -0.25) is 14.2 Å². The van der Waals surface area contributed by atoms with Crippen molar-refractivity contribution in [1.82, 2.24) is 4.57 Å². The lowest BCUT2D eigenvalue weighted by Crippen LogP contribution is -2.30. The predicted molar refractivity (Wildman–Crippen MR) is 86.9 cm³/mol. The minimum Gasteiger partial charge on any atom is -0.273 e. The molecule has 1 rings (SSSR count). The van der Waals surface area contributed by atoms with E-state index >= 15 is 0 Å². The van der Waals surface area contributed by atoms with E-state index in [1.165, 1.54) is 4.57 Å². The lowest BCUT2D eigenvalue weighted by Gasteiger charge is -2.11. The van der Waals surface area contributed by atoms with Crippen LogP contribution in [0.2, 0.25) is 0 Å². The van der Waals surface area contributed by atoms with Crippen LogP contribution in [0, 0.1) is 0 Å². The van der Waals surface area contributed by atoms with Crippen molar-refractivity contribution in [3.63, 3.8) is 0 Å². The van der Waals surface area contributed by atoms with E-state index in [0.717, 1.165) is 11.1 Å². The van der Waals surface area contributed by atoms with Gasteiger partial charge in [0, 0.05) is 18.2 Å². The molecule has 0 aliphatic rings. The van der Waals surface area contributed by atoms with Crippen molar-refractivity contribution in [3.8, 4) is 0 Å². The first kappa shape index (κ1) is 18.6. The summed E-state index contributed by atoms with van der Waals surface area (Å²) in [5, 5.41) is 0. The molecule has 0 unspecified atom stereocenters. The van der Waals surface area contributed by atoms with Crippen LogP contribution < -0.4 is 11.1 Å². The Bertz CT molecular complexity index is 495. The molecule has 0 saturated carbocycles. The lowest BCUT2D eigenvalue weighted by molar-refractivity contribution is 0.563. The maximum Gasteiger partial charge on any atom is 0.253 e. The van der Waals surface area contributed by atoms with Gasteiger partial charge in [-0.1, -0.05) is 41.5 Å². The Labute approximate surface area is 122 Å². The summed E-state index contributed by atoms with van der Waals surface area (Å²) in [5.41, 5.74) is 1.55. The highest BCUT2D eigenvalue weighted by atomic mass is 16.2. The van der Waals surface area contributed by atoms with Gasteiger partial charge in [-0.25, -0.2) is 0 Å². The Morgan fingerprint density at radius 1 is 0.750 bits per heavy atom. The van der Waals surface area contributed by atoms with E-state index < -0.39 is 0 Å². The van der Waals surface area contributed by atoms with E-state index in [-0.39, 0.29) is 29.0 Å². The highest BCUT2D eigenvalue weighted by Crippen LogP contribution is 2.23. The molecule has 0 amide bonds. The molecule has 0 saturated heterocycles. The molecule has 114 valence electrons. The number of rotatable bonds is 3. The molecule has 0 aromatic carbocycles. The van der Waals surface area contributed by atoms with Crippen molar-refractivity contribution in [2.45, 2.75) is 73.3 Å². The Balaban J connectivity index is 0.00000172. The molecule has 0 atom stereocenters. The van der Waals surface area contributed by atoms with E-state index in [1.807, 2.05) is 55.4 Å². The highest BCUT2D eigenvalue weighted by Gasteiger charge is 2.13. The Hall–Kier alpha value is -1.38. The van der Waals surface area contributed by atoms with Crippen molar-refractivity contribution < 1.29 is 0 Å². The first-order chi connectivity index (χ1) is 9.25. The largest absolute Gasteiger partial charge is 0.273 e. The zero-order chi connectivity index (χ0) is 16.0. The third-order valence-corrected chi connectivity index (χ3v) is 3.13. The lowest BCUT2D eigenvalue weighted by atomic mass is 9.93. The van der Waals surface area contributed by atoms with Gasteiger partial charge in [-0.15, -0.1) is 0 Å². The smallest absolute Gasteiger partial charge is 0.253 e. The molecule has 1 aromatic rings. The van der Waals surface area contributed by atoms with Crippen molar-refractivity contribution >= 4 is 0 Å². The van der Waals surface area contributed by atoms with Crippen LogP contribution in [0.4, 0.5) is 0 Å². The molecule has 20 heavy (non-hydrogen) atoms. The van der Waals surface area contributed by atoms with E-state index in [1.54, 1.807) is 12.1 Å². The maximum atomic E-state index is 12.1. The normalized spacial score (nSPS) is 10.8. The summed E-state index contributed by atoms with van der Waals surface area (Å²) in [6, 6.07) is 3.14. The molecule has 1 aromatic heterocycles. The van der Waals surface area contributed by atoms with Crippen LogP contribution in [-0.2, 0) is 0 Å². The van der Waals surface area contributed by atoms with E-state index in [2.05, 4.69) is 0 Å². The van der Waals surface area contributed by atoms with Gasteiger partial charge >= 0.3 is 0 Å². The van der Waals surface area contributed by atoms with Crippen molar-refractivity contribution in [3.05, 3.63) is 44.0 Å². The van der Waals surface area contributed by atoms with Crippen LogP contribution in [0.5, 0.6) is 0 Å². The number of hydrogen-bond donors (Lipinski definition) is 0. The van der Waals surface area contributed by atoms with Gasteiger partial charge < -0.3 is 0 Å². The van der Waals surface area contributed by atoms with Crippen LogP contribution in [-0.4, -0.2) is 4.57 Å². The Morgan fingerprint density at radius 2 is 1.05 bits per heavy atom. The molecule has 0 aliphatic carbocycles. The van der Waals surface area contributed by atoms with Gasteiger partial charge in [0.1, 0.15) is 0 Å². The molecule has 0 radical (unpaired) electrons. The molecular formula is C17H29NO2. The first-order valence-corrected chi connectivity index (χ1v) is 7.56. The predicted octanol–water partition coefficient (Wildman–Crippen LogP) is 4.06. The third-order valence-electron chi connectivity index (χ3n) is 3.13. The summed E-state index contributed by atoms with van der Waals surface area (Å²) in [6.45, 7) is 15.9. The molecular weight excluding hydrogens is 250 g/mol. The summed E-state index contributed by atoms with van der Waals surface area (Å²) in [7, 11) is 0. The zero-order valence-electron chi connectivity index (χ0n) is 14.2. The van der Waals surface area contributed by atoms with Crippen molar-refractivity contribution in [2.24, 2.45) is 0 Å². The summed E-state index contributed by atoms with van der Waals surface area (Å²) >= 11 is 0. The van der Waals surface area contributed by atoms with Crippen LogP contribution in [0.15, 0.2) is 21.7 Å². The quantitative estimate of drug-likeness (QED) is 0.837. The molecule has 3 heteroatoms. The molecule has 0 spiro atoms. The number of hydrogen-bond acceptors (Lipinski definition) is 2. The summed E-state index contributed by atoms with van der Waals surface area (Å²) in [6.07, 6.45) is 0. The average molecular weight is 279 g/mol. The molecule has 3 nitrogen and oxygen atoms in total. The number of aromatic nitrogens is 1. The third kappa shape index (κ3) is 4.32. The van der Waals surface area contributed by atoms with Gasteiger partial charge in [-0.2, -0.15) is 0 Å². The van der Waals surface area contributed by atoms with Crippen molar-refractivity contribution in [1.29, 1.82) is 0 Å². The van der Waals surface area contributed by atoms with Crippen LogP contribution in [0.25, 0.3) is 0 Å². The second-order valence-corrected chi connectivity index (χ2v) is 5.65. The number of nitrogens with zero attached hydrogens (tertiary/aromatic N) is 1. The summed E-state index contributed by atoms with van der Waals surface area (Å²) < 4.78 is 1.32. The van der Waals surface area contributed by atoms with Crippen LogP contribution >= 0.6 is 0 Å². The van der Waals surface area contributed by atoms with Crippen LogP contribution in [0.3, 0.4) is 0 Å². The van der Waals surface area contributed by atoms with E-state index in [0.29, 0.717) is 0 Å². The minimum atomic E-state index is -0.203. The Morgan fingerprint density at radius 3 is 1.25 bits per heavy atom. The van der Waals surface area contributed by atoms with Gasteiger partial charge in [-0.05, 0) is 36.8 Å². The van der Waals surface area contributed by atoms with Gasteiger partial charge in [0.2, 0.25) is 0 Å². The fraction of sp³-hybridized carbons (Fsp3) is 0.647. The monoisotopic (exact) mass is 279 g/mol. The second-order valence-electron chi connectivity index (χ2n) is 5.65. The van der Waals surface area contributed by atoms with Gasteiger partial charge in [0.25, 0.3) is 11.1 Å². The van der Waals surface area contributed by atoms with E-state index in [4.69, 9.17) is 0 Å². The van der Waals surface area contributed by atoms with E-state index in [9.17, 15) is 9.59 Å². The van der Waals surface area contributed by atoms with Crippen molar-refractivity contribution in [2.75, 3.05) is 0 Å². The van der Waals surface area contributed by atoms with Gasteiger partial charge in [0.15, 0.2) is 0 Å². The molecule has 0 aliphatic heterocycles. The van der Waals surface area contributed by atoms with Crippen LogP contribution in [0.1, 0.15) is 84.4 Å². The minimum absolute atomic E-state index is 0.113. The summed E-state index contributed by atoms with van der Waals surface area (Å²) in [4.78, 5) is 24.3. The Kier molecular flexibility index (Phi) is 7.48. The topological polar surface area (TPSA) is 39.1 Å². The molecule has 1 heterocycles. The zero-order valence-corrected chi connectivity index (χ0v) is 14.2.